The number of fused-ring (bicyclic) bond motifs is 1. The van der Waals surface area contributed by atoms with Crippen LogP contribution in [-0.2, 0) is 0 Å². The number of para-hydroxylation sites is 1. The van der Waals surface area contributed by atoms with Gasteiger partial charge in [-0.15, -0.1) is 0 Å². The van der Waals surface area contributed by atoms with E-state index in [1.807, 2.05) is 34.9 Å². The highest BCUT2D eigenvalue weighted by Crippen LogP contribution is 2.25. The molecule has 4 heteroatoms. The van der Waals surface area contributed by atoms with Crippen molar-refractivity contribution in [2.45, 2.75) is 0 Å². The first-order chi connectivity index (χ1) is 8.25. The predicted octanol–water partition coefficient (Wildman–Crippen LogP) is 3.38. The van der Waals surface area contributed by atoms with Gasteiger partial charge in [0, 0.05) is 10.7 Å². The quantitative estimate of drug-likeness (QED) is 0.713. The molecule has 0 spiro atoms. The molecule has 0 amide bonds. The van der Waals surface area contributed by atoms with Gasteiger partial charge in [0.2, 0.25) is 0 Å². The Hall–Kier alpha value is -2.00. The lowest BCUT2D eigenvalue weighted by Crippen LogP contribution is -1.90. The first kappa shape index (κ1) is 10.2. The van der Waals surface area contributed by atoms with E-state index in [-0.39, 0.29) is 5.75 Å². The molecule has 2 aromatic carbocycles. The number of aromatic hydroxyl groups is 1. The van der Waals surface area contributed by atoms with Crippen LogP contribution in [0.4, 0.5) is 0 Å². The zero-order chi connectivity index (χ0) is 11.8. The maximum Gasteiger partial charge on any atom is 0.143 e. The van der Waals surface area contributed by atoms with Crippen LogP contribution >= 0.6 is 11.6 Å². The van der Waals surface area contributed by atoms with Gasteiger partial charge in [-0.05, 0) is 36.4 Å². The van der Waals surface area contributed by atoms with Gasteiger partial charge in [-0.1, -0.05) is 17.7 Å². The standard InChI is InChI=1S/C13H9ClN2O/c14-9-4-6-10(7-5-9)16-8-15-13-11(16)2-1-3-12(13)17/h1-8,17H. The molecule has 1 heterocycles. The molecule has 3 nitrogen and oxygen atoms in total. The van der Waals surface area contributed by atoms with E-state index in [1.54, 1.807) is 18.5 Å². The maximum atomic E-state index is 9.68. The lowest BCUT2D eigenvalue weighted by Gasteiger charge is -2.04. The Kier molecular flexibility index (Phi) is 2.27. The Morgan fingerprint density at radius 3 is 2.59 bits per heavy atom. The van der Waals surface area contributed by atoms with Crippen molar-refractivity contribution in [3.63, 3.8) is 0 Å². The van der Waals surface area contributed by atoms with Crippen LogP contribution in [0.1, 0.15) is 0 Å². The van der Waals surface area contributed by atoms with E-state index >= 15 is 0 Å². The second-order valence-electron chi connectivity index (χ2n) is 3.74. The summed E-state index contributed by atoms with van der Waals surface area (Å²) in [7, 11) is 0. The number of halogens is 1. The number of nitrogens with zero attached hydrogens (tertiary/aromatic N) is 2. The lowest BCUT2D eigenvalue weighted by molar-refractivity contribution is 0.480. The van der Waals surface area contributed by atoms with Gasteiger partial charge < -0.3 is 5.11 Å². The van der Waals surface area contributed by atoms with Crippen molar-refractivity contribution in [2.24, 2.45) is 0 Å². The molecule has 0 bridgehead atoms. The summed E-state index contributed by atoms with van der Waals surface area (Å²) in [5, 5.41) is 10.4. The number of phenols is 1. The first-order valence-corrected chi connectivity index (χ1v) is 5.54. The fourth-order valence-electron chi connectivity index (χ4n) is 1.83. The fourth-order valence-corrected chi connectivity index (χ4v) is 1.96. The number of phenolic OH excluding ortho intramolecular Hbond substituents is 1. The summed E-state index contributed by atoms with van der Waals surface area (Å²) in [6, 6.07) is 12.8. The molecule has 0 unspecified atom stereocenters. The Labute approximate surface area is 103 Å². The van der Waals surface area contributed by atoms with Crippen LogP contribution in [0.5, 0.6) is 5.75 Å². The van der Waals surface area contributed by atoms with E-state index in [1.165, 1.54) is 0 Å². The summed E-state index contributed by atoms with van der Waals surface area (Å²) in [5.74, 6) is 0.190. The molecule has 1 aromatic heterocycles. The van der Waals surface area contributed by atoms with Crippen LogP contribution in [0.2, 0.25) is 5.02 Å². The van der Waals surface area contributed by atoms with E-state index in [0.717, 1.165) is 11.2 Å². The van der Waals surface area contributed by atoms with Crippen LogP contribution in [-0.4, -0.2) is 14.7 Å². The van der Waals surface area contributed by atoms with E-state index in [0.29, 0.717) is 10.5 Å². The van der Waals surface area contributed by atoms with E-state index in [4.69, 9.17) is 11.6 Å². The first-order valence-electron chi connectivity index (χ1n) is 5.17. The molecule has 3 aromatic rings. The van der Waals surface area contributed by atoms with Crippen molar-refractivity contribution in [2.75, 3.05) is 0 Å². The molecular weight excluding hydrogens is 236 g/mol. The molecular formula is C13H9ClN2O. The van der Waals surface area contributed by atoms with Crippen molar-refractivity contribution < 1.29 is 5.11 Å². The summed E-state index contributed by atoms with van der Waals surface area (Å²) in [6.07, 6.45) is 1.69. The summed E-state index contributed by atoms with van der Waals surface area (Å²) in [6.45, 7) is 0. The van der Waals surface area contributed by atoms with Crippen molar-refractivity contribution in [3.8, 4) is 11.4 Å². The molecule has 1 N–H and O–H groups in total. The van der Waals surface area contributed by atoms with Crippen LogP contribution in [0.3, 0.4) is 0 Å². The highest BCUT2D eigenvalue weighted by atomic mass is 35.5. The number of benzene rings is 2. The van der Waals surface area contributed by atoms with Crippen LogP contribution in [0.15, 0.2) is 48.8 Å². The maximum absolute atomic E-state index is 9.68. The van der Waals surface area contributed by atoms with Crippen molar-refractivity contribution in [3.05, 3.63) is 53.8 Å². The highest BCUT2D eigenvalue weighted by molar-refractivity contribution is 6.30. The molecule has 0 fully saturated rings. The molecule has 17 heavy (non-hydrogen) atoms. The number of hydrogen-bond acceptors (Lipinski definition) is 2. The molecule has 0 saturated heterocycles. The molecule has 0 saturated carbocycles. The topological polar surface area (TPSA) is 38.1 Å². The third kappa shape index (κ3) is 1.65. The number of aromatic nitrogens is 2. The van der Waals surface area contributed by atoms with Crippen molar-refractivity contribution in [1.82, 2.24) is 9.55 Å². The molecule has 0 atom stereocenters. The van der Waals surface area contributed by atoms with Gasteiger partial charge in [-0.25, -0.2) is 4.98 Å². The van der Waals surface area contributed by atoms with Gasteiger partial charge >= 0.3 is 0 Å². The molecule has 0 radical (unpaired) electrons. The predicted molar refractivity (Wildman–Crippen MR) is 67.7 cm³/mol. The average molecular weight is 245 g/mol. The Morgan fingerprint density at radius 2 is 1.82 bits per heavy atom. The minimum atomic E-state index is 0.190. The Morgan fingerprint density at radius 1 is 1.06 bits per heavy atom. The highest BCUT2D eigenvalue weighted by Gasteiger charge is 2.07. The molecule has 84 valence electrons. The zero-order valence-corrected chi connectivity index (χ0v) is 9.59. The third-order valence-corrected chi connectivity index (χ3v) is 2.91. The fraction of sp³-hybridized carbons (Fsp3) is 0. The molecule has 0 aliphatic heterocycles. The van der Waals surface area contributed by atoms with Gasteiger partial charge in [0.05, 0.1) is 5.52 Å². The summed E-state index contributed by atoms with van der Waals surface area (Å²) < 4.78 is 1.91. The third-order valence-electron chi connectivity index (χ3n) is 2.66. The van der Waals surface area contributed by atoms with E-state index in [2.05, 4.69) is 4.98 Å². The van der Waals surface area contributed by atoms with Crippen molar-refractivity contribution >= 4 is 22.6 Å². The summed E-state index contributed by atoms with van der Waals surface area (Å²) in [5.41, 5.74) is 2.43. The molecule has 3 rings (SSSR count). The minimum Gasteiger partial charge on any atom is -0.506 e. The smallest absolute Gasteiger partial charge is 0.143 e. The van der Waals surface area contributed by atoms with Crippen LogP contribution in [0, 0.1) is 0 Å². The van der Waals surface area contributed by atoms with Gasteiger partial charge in [-0.2, -0.15) is 0 Å². The van der Waals surface area contributed by atoms with Gasteiger partial charge in [0.15, 0.2) is 0 Å². The molecule has 0 aliphatic rings. The lowest BCUT2D eigenvalue weighted by atomic mass is 10.2. The zero-order valence-electron chi connectivity index (χ0n) is 8.84. The summed E-state index contributed by atoms with van der Waals surface area (Å²) >= 11 is 5.85. The summed E-state index contributed by atoms with van der Waals surface area (Å²) in [4.78, 5) is 4.20. The van der Waals surface area contributed by atoms with Crippen LogP contribution < -0.4 is 0 Å². The van der Waals surface area contributed by atoms with E-state index in [9.17, 15) is 5.11 Å². The molecule has 0 aliphatic carbocycles. The van der Waals surface area contributed by atoms with Crippen molar-refractivity contribution in [1.29, 1.82) is 0 Å². The van der Waals surface area contributed by atoms with E-state index < -0.39 is 0 Å². The average Bonchev–Trinajstić information content (AvgIpc) is 2.75. The largest absolute Gasteiger partial charge is 0.506 e. The van der Waals surface area contributed by atoms with Gasteiger partial charge in [-0.3, -0.25) is 4.57 Å². The number of imidazole rings is 1. The second-order valence-corrected chi connectivity index (χ2v) is 4.17. The monoisotopic (exact) mass is 244 g/mol. The Bertz CT molecular complexity index is 673. The number of rotatable bonds is 1. The van der Waals surface area contributed by atoms with Crippen LogP contribution in [0.25, 0.3) is 16.7 Å². The number of hydrogen-bond donors (Lipinski definition) is 1. The normalized spacial score (nSPS) is 10.9. The second kappa shape index (κ2) is 3.79. The SMILES string of the molecule is Oc1cccc2c1ncn2-c1ccc(Cl)cc1. The Balaban J connectivity index is 2.24. The van der Waals surface area contributed by atoms with Gasteiger partial charge in [0.1, 0.15) is 17.6 Å². The minimum absolute atomic E-state index is 0.190. The van der Waals surface area contributed by atoms with Gasteiger partial charge in [0.25, 0.3) is 0 Å².